The number of aryl methyl sites for hydroxylation is 2. The lowest BCUT2D eigenvalue weighted by molar-refractivity contribution is -0.110. The van der Waals surface area contributed by atoms with Crippen molar-refractivity contribution < 1.29 is 9.59 Å². The van der Waals surface area contributed by atoms with Crippen LogP contribution < -0.4 is 5.32 Å². The smallest absolute Gasteiger partial charge is 0.295 e. The fourth-order valence-electron chi connectivity index (χ4n) is 5.50. The fraction of sp³-hybridized carbons (Fsp3) is 0.414. The van der Waals surface area contributed by atoms with Crippen molar-refractivity contribution in [1.82, 2.24) is 20.0 Å². The maximum absolute atomic E-state index is 13.5. The monoisotopic (exact) mass is 498 g/mol. The van der Waals surface area contributed by atoms with E-state index in [0.717, 1.165) is 61.0 Å². The normalized spacial score (nSPS) is 20.4. The molecule has 0 radical (unpaired) electrons. The average molecular weight is 499 g/mol. The summed E-state index contributed by atoms with van der Waals surface area (Å²) in [6.45, 7) is 6.19. The molecule has 0 saturated heterocycles. The van der Waals surface area contributed by atoms with Gasteiger partial charge < -0.3 is 5.32 Å². The minimum Gasteiger partial charge on any atom is -0.321 e. The summed E-state index contributed by atoms with van der Waals surface area (Å²) < 4.78 is 1.75. The molecule has 2 aliphatic carbocycles. The van der Waals surface area contributed by atoms with Crippen molar-refractivity contribution in [3.05, 3.63) is 65.8 Å². The van der Waals surface area contributed by atoms with Crippen molar-refractivity contribution in [3.8, 4) is 11.1 Å². The number of hydrogen-bond donors (Lipinski definition) is 2. The number of aromatic nitrogens is 4. The minimum atomic E-state index is -0.408. The summed E-state index contributed by atoms with van der Waals surface area (Å²) in [5.74, 6) is -0.144. The Balaban J connectivity index is 1.38. The van der Waals surface area contributed by atoms with Crippen LogP contribution in [0.5, 0.6) is 0 Å². The number of rotatable bonds is 6. The largest absolute Gasteiger partial charge is 0.321 e. The number of nitrogens with one attached hydrogen (secondary N) is 2. The summed E-state index contributed by atoms with van der Waals surface area (Å²) in [7, 11) is 0. The van der Waals surface area contributed by atoms with Gasteiger partial charge >= 0.3 is 0 Å². The Morgan fingerprint density at radius 2 is 1.73 bits per heavy atom. The Labute approximate surface area is 217 Å². The molecule has 8 heteroatoms. The Morgan fingerprint density at radius 3 is 2.38 bits per heavy atom. The van der Waals surface area contributed by atoms with Gasteiger partial charge in [0.2, 0.25) is 0 Å². The number of H-pyrrole nitrogens is 1. The molecule has 37 heavy (non-hydrogen) atoms. The van der Waals surface area contributed by atoms with Crippen LogP contribution >= 0.6 is 0 Å². The van der Waals surface area contributed by atoms with Crippen LogP contribution in [0.1, 0.15) is 73.4 Å². The number of anilines is 1. The van der Waals surface area contributed by atoms with Crippen LogP contribution in [0, 0.1) is 25.7 Å². The zero-order valence-electron chi connectivity index (χ0n) is 21.7. The molecule has 2 aliphatic rings. The molecule has 1 saturated carbocycles. The van der Waals surface area contributed by atoms with E-state index in [2.05, 4.69) is 44.7 Å². The van der Waals surface area contributed by atoms with Gasteiger partial charge in [0, 0.05) is 29.1 Å². The van der Waals surface area contributed by atoms with E-state index in [-0.39, 0.29) is 17.9 Å². The predicted octanol–water partition coefficient (Wildman–Crippen LogP) is 5.83. The molecule has 3 aromatic rings. The van der Waals surface area contributed by atoms with E-state index in [4.69, 9.17) is 0 Å². The summed E-state index contributed by atoms with van der Waals surface area (Å²) in [5.41, 5.74) is 5.44. The van der Waals surface area contributed by atoms with Gasteiger partial charge in [-0.2, -0.15) is 10.2 Å². The number of aliphatic imine (C=N–C) groups is 1. The third kappa shape index (κ3) is 5.33. The van der Waals surface area contributed by atoms with Crippen molar-refractivity contribution in [2.24, 2.45) is 16.8 Å². The van der Waals surface area contributed by atoms with Gasteiger partial charge in [0.05, 0.1) is 11.7 Å². The number of allylic oxidation sites excluding steroid dienone is 2. The standard InChI is InChI=1S/C29H34N6O2/c1-18-8-10-22(11-9-18)27(32-28(36)25-16-17-30-35(25)24-6-4-5-7-24)29(37)31-23-14-12-21(13-15-23)26-19(2)33-34-20(26)3/h4-5,12-18,22,24H,6-11H2,1-3H3,(H,31,37)(H,33,34). The number of carbonyl (C=O) groups excluding carboxylic acids is 2. The van der Waals surface area contributed by atoms with Crippen molar-refractivity contribution in [2.45, 2.75) is 65.3 Å². The summed E-state index contributed by atoms with van der Waals surface area (Å²) in [6, 6.07) is 9.52. The topological polar surface area (TPSA) is 105 Å². The highest BCUT2D eigenvalue weighted by Gasteiger charge is 2.29. The van der Waals surface area contributed by atoms with E-state index in [1.165, 1.54) is 0 Å². The highest BCUT2D eigenvalue weighted by atomic mass is 16.2. The molecule has 1 fully saturated rings. The number of nitrogens with zero attached hydrogens (tertiary/aromatic N) is 4. The van der Waals surface area contributed by atoms with E-state index in [0.29, 0.717) is 23.0 Å². The van der Waals surface area contributed by atoms with Crippen LogP contribution in [0.15, 0.2) is 53.7 Å². The summed E-state index contributed by atoms with van der Waals surface area (Å²) in [5, 5.41) is 14.7. The third-order valence-corrected chi connectivity index (χ3v) is 7.64. The zero-order chi connectivity index (χ0) is 25.9. The molecule has 2 aromatic heterocycles. The first kappa shape index (κ1) is 24.9. The molecule has 2 heterocycles. The van der Waals surface area contributed by atoms with Crippen molar-refractivity contribution in [1.29, 1.82) is 0 Å². The van der Waals surface area contributed by atoms with E-state index in [9.17, 15) is 9.59 Å². The van der Waals surface area contributed by atoms with Gasteiger partial charge in [-0.05, 0) is 69.2 Å². The molecule has 8 nitrogen and oxygen atoms in total. The minimum absolute atomic E-state index is 0.0415. The lowest BCUT2D eigenvalue weighted by Gasteiger charge is -2.26. The molecule has 0 unspecified atom stereocenters. The maximum Gasteiger partial charge on any atom is 0.295 e. The van der Waals surface area contributed by atoms with Gasteiger partial charge in [-0.3, -0.25) is 19.4 Å². The molecule has 0 spiro atoms. The molecule has 0 aliphatic heterocycles. The third-order valence-electron chi connectivity index (χ3n) is 7.64. The highest BCUT2D eigenvalue weighted by Crippen LogP contribution is 2.31. The van der Waals surface area contributed by atoms with Gasteiger partial charge in [0.1, 0.15) is 11.4 Å². The number of carbonyl (C=O) groups is 2. The van der Waals surface area contributed by atoms with E-state index >= 15 is 0 Å². The summed E-state index contributed by atoms with van der Waals surface area (Å²) in [6.07, 6.45) is 11.3. The Kier molecular flexibility index (Phi) is 7.17. The predicted molar refractivity (Wildman–Crippen MR) is 145 cm³/mol. The quantitative estimate of drug-likeness (QED) is 0.330. The van der Waals surface area contributed by atoms with E-state index in [1.54, 1.807) is 16.9 Å². The Hall–Kier alpha value is -3.81. The molecule has 5 rings (SSSR count). The maximum atomic E-state index is 13.5. The van der Waals surface area contributed by atoms with Gasteiger partial charge in [-0.15, -0.1) is 0 Å². The molecule has 2 N–H and O–H groups in total. The number of amides is 2. The fourth-order valence-corrected chi connectivity index (χ4v) is 5.50. The number of benzene rings is 1. The molecule has 192 valence electrons. The van der Waals surface area contributed by atoms with Crippen LogP contribution in [-0.2, 0) is 4.79 Å². The Bertz CT molecular complexity index is 1310. The van der Waals surface area contributed by atoms with Gasteiger partial charge in [0.15, 0.2) is 0 Å². The van der Waals surface area contributed by atoms with Crippen LogP contribution in [0.2, 0.25) is 0 Å². The summed E-state index contributed by atoms with van der Waals surface area (Å²) >= 11 is 0. The second-order valence-corrected chi connectivity index (χ2v) is 10.4. The lowest BCUT2D eigenvalue weighted by Crippen LogP contribution is -2.33. The second kappa shape index (κ2) is 10.7. The highest BCUT2D eigenvalue weighted by molar-refractivity contribution is 6.45. The molecule has 2 amide bonds. The van der Waals surface area contributed by atoms with E-state index in [1.807, 2.05) is 38.1 Å². The van der Waals surface area contributed by atoms with Gasteiger partial charge in [-0.1, -0.05) is 44.1 Å². The average Bonchev–Trinajstić information content (AvgIpc) is 3.65. The number of hydrogen-bond acceptors (Lipinski definition) is 4. The number of aromatic amines is 1. The van der Waals surface area contributed by atoms with Gasteiger partial charge in [0.25, 0.3) is 11.8 Å². The van der Waals surface area contributed by atoms with Crippen molar-refractivity contribution in [2.75, 3.05) is 5.32 Å². The molecule has 0 atom stereocenters. The van der Waals surface area contributed by atoms with Crippen molar-refractivity contribution >= 4 is 23.2 Å². The first-order valence-electron chi connectivity index (χ1n) is 13.2. The molecule has 1 aromatic carbocycles. The summed E-state index contributed by atoms with van der Waals surface area (Å²) in [4.78, 5) is 31.3. The Morgan fingerprint density at radius 1 is 1.03 bits per heavy atom. The van der Waals surface area contributed by atoms with Crippen LogP contribution in [0.4, 0.5) is 5.69 Å². The molecular weight excluding hydrogens is 464 g/mol. The molecule has 0 bridgehead atoms. The van der Waals surface area contributed by atoms with Crippen LogP contribution in [0.25, 0.3) is 11.1 Å². The van der Waals surface area contributed by atoms with Crippen LogP contribution in [0.3, 0.4) is 0 Å². The second-order valence-electron chi connectivity index (χ2n) is 10.4. The first-order valence-corrected chi connectivity index (χ1v) is 13.2. The lowest BCUT2D eigenvalue weighted by atomic mass is 9.80. The first-order chi connectivity index (χ1) is 17.9. The molecular formula is C29H34N6O2. The SMILES string of the molecule is Cc1n[nH]c(C)c1-c1ccc(NC(=O)C(=NC(=O)c2ccnn2C2CC=CC2)C2CCC(C)CC2)cc1. The van der Waals surface area contributed by atoms with E-state index < -0.39 is 5.91 Å². The van der Waals surface area contributed by atoms with Gasteiger partial charge in [-0.25, -0.2) is 4.99 Å². The van der Waals surface area contributed by atoms with Crippen LogP contribution in [-0.4, -0.2) is 37.5 Å². The zero-order valence-corrected chi connectivity index (χ0v) is 21.7. The van der Waals surface area contributed by atoms with Crippen molar-refractivity contribution in [3.63, 3.8) is 0 Å².